The number of nitrogens with one attached hydrogen (secondary N) is 2. The maximum atomic E-state index is 12.0. The van der Waals surface area contributed by atoms with Crippen molar-refractivity contribution in [1.82, 2.24) is 25.3 Å². The predicted octanol–water partition coefficient (Wildman–Crippen LogP) is 1.87. The molecule has 0 aliphatic rings. The van der Waals surface area contributed by atoms with Gasteiger partial charge in [0.2, 0.25) is 5.91 Å². The summed E-state index contributed by atoms with van der Waals surface area (Å²) in [5, 5.41) is 11.1. The lowest BCUT2D eigenvalue weighted by Crippen LogP contribution is -2.42. The van der Waals surface area contributed by atoms with E-state index in [-0.39, 0.29) is 12.5 Å². The minimum Gasteiger partial charge on any atom is -0.352 e. The zero-order valence-electron chi connectivity index (χ0n) is 17.6. The van der Waals surface area contributed by atoms with Crippen LogP contribution in [0.5, 0.6) is 0 Å². The second kappa shape index (κ2) is 10.5. The van der Waals surface area contributed by atoms with Crippen molar-refractivity contribution in [2.75, 3.05) is 20.6 Å². The molecule has 7 heteroatoms. The van der Waals surface area contributed by atoms with Crippen molar-refractivity contribution in [2.45, 2.75) is 39.8 Å². The van der Waals surface area contributed by atoms with Crippen LogP contribution in [0, 0.1) is 0 Å². The van der Waals surface area contributed by atoms with Crippen molar-refractivity contribution in [1.29, 1.82) is 0 Å². The molecule has 0 bridgehead atoms. The van der Waals surface area contributed by atoms with Crippen LogP contribution < -0.4 is 10.6 Å². The molecule has 0 aliphatic carbocycles. The lowest BCUT2D eigenvalue weighted by atomic mass is 10.1. The number of likely N-dealkylation sites (N-methyl/N-ethyl adjacent to an activating group) is 1. The highest BCUT2D eigenvalue weighted by Crippen LogP contribution is 2.15. The minimum absolute atomic E-state index is 0.000849. The molecule has 2 N–H and O–H groups in total. The van der Waals surface area contributed by atoms with E-state index >= 15 is 0 Å². The van der Waals surface area contributed by atoms with E-state index in [0.717, 1.165) is 24.1 Å². The molecule has 1 aromatic carbocycles. The maximum Gasteiger partial charge on any atom is 0.241 e. The highest BCUT2D eigenvalue weighted by molar-refractivity contribution is 5.86. The van der Waals surface area contributed by atoms with Gasteiger partial charge >= 0.3 is 0 Å². The van der Waals surface area contributed by atoms with Gasteiger partial charge in [-0.25, -0.2) is 4.99 Å². The number of hydrogen-bond acceptors (Lipinski definition) is 3. The van der Waals surface area contributed by atoms with E-state index in [9.17, 15) is 4.79 Å². The molecule has 0 saturated carbocycles. The third-order valence-electron chi connectivity index (χ3n) is 4.63. The summed E-state index contributed by atoms with van der Waals surface area (Å²) < 4.78 is 1.96. The highest BCUT2D eigenvalue weighted by atomic mass is 16.2. The molecule has 0 fully saturated rings. The number of amides is 1. The van der Waals surface area contributed by atoms with Crippen molar-refractivity contribution in [3.63, 3.8) is 0 Å². The third-order valence-corrected chi connectivity index (χ3v) is 4.63. The fourth-order valence-electron chi connectivity index (χ4n) is 3.01. The number of carbonyl (C=O) groups is 1. The summed E-state index contributed by atoms with van der Waals surface area (Å²) in [7, 11) is 5.48. The molecular formula is C21H32N6O. The fraction of sp³-hybridized carbons (Fsp3) is 0.476. The van der Waals surface area contributed by atoms with Crippen molar-refractivity contribution in [3.05, 3.63) is 52.8 Å². The summed E-state index contributed by atoms with van der Waals surface area (Å²) >= 11 is 0. The van der Waals surface area contributed by atoms with Crippen LogP contribution in [0.15, 0.2) is 35.3 Å². The van der Waals surface area contributed by atoms with E-state index in [1.54, 1.807) is 19.0 Å². The zero-order chi connectivity index (χ0) is 20.5. The Labute approximate surface area is 167 Å². The van der Waals surface area contributed by atoms with Gasteiger partial charge in [0.05, 0.1) is 18.8 Å². The molecule has 2 rings (SSSR count). The van der Waals surface area contributed by atoms with Gasteiger partial charge in [-0.05, 0) is 18.4 Å². The molecule has 0 aliphatic heterocycles. The van der Waals surface area contributed by atoms with Crippen LogP contribution in [0.2, 0.25) is 0 Å². The molecule has 1 amide bonds. The third kappa shape index (κ3) is 5.84. The van der Waals surface area contributed by atoms with Gasteiger partial charge in [-0.1, -0.05) is 44.2 Å². The number of aliphatic imine (C=N–C) groups is 1. The topological polar surface area (TPSA) is 74.5 Å². The van der Waals surface area contributed by atoms with Gasteiger partial charge < -0.3 is 15.5 Å². The average molecular weight is 385 g/mol. The first-order chi connectivity index (χ1) is 13.5. The first-order valence-electron chi connectivity index (χ1n) is 9.76. The Morgan fingerprint density at radius 1 is 1.14 bits per heavy atom. The Morgan fingerprint density at radius 2 is 1.86 bits per heavy atom. The number of carbonyl (C=O) groups excluding carboxylic acids is 1. The largest absolute Gasteiger partial charge is 0.352 e. The molecule has 0 unspecified atom stereocenters. The van der Waals surface area contributed by atoms with Crippen LogP contribution in [0.3, 0.4) is 0 Å². The molecule has 2 aromatic rings. The molecule has 1 heterocycles. The Bertz CT molecular complexity index is 795. The molecule has 7 nitrogen and oxygen atoms in total. The van der Waals surface area contributed by atoms with Crippen LogP contribution >= 0.6 is 0 Å². The minimum atomic E-state index is -0.000849. The standard InChI is InChI=1S/C21H32N6O/c1-6-18-17(19(7-2)27(5)25-18)14-23-21(24-15-20(28)26(3)4)22-13-16-11-9-8-10-12-16/h8-12H,6-7,13-15H2,1-5H3,(H2,22,23,24). The summed E-state index contributed by atoms with van der Waals surface area (Å²) in [6.45, 7) is 5.61. The number of guanidine groups is 1. The predicted molar refractivity (Wildman–Crippen MR) is 113 cm³/mol. The number of benzene rings is 1. The van der Waals surface area contributed by atoms with E-state index in [1.807, 2.05) is 42.1 Å². The number of aromatic nitrogens is 2. The van der Waals surface area contributed by atoms with E-state index in [0.29, 0.717) is 19.0 Å². The van der Waals surface area contributed by atoms with Crippen LogP contribution in [0.1, 0.15) is 36.4 Å². The van der Waals surface area contributed by atoms with Gasteiger partial charge in [0.25, 0.3) is 0 Å². The molecule has 0 atom stereocenters. The normalized spacial score (nSPS) is 11.4. The van der Waals surface area contributed by atoms with Crippen molar-refractivity contribution >= 4 is 11.9 Å². The van der Waals surface area contributed by atoms with Gasteiger partial charge in [0, 0.05) is 38.9 Å². The van der Waals surface area contributed by atoms with Crippen molar-refractivity contribution in [2.24, 2.45) is 12.0 Å². The van der Waals surface area contributed by atoms with E-state index < -0.39 is 0 Å². The van der Waals surface area contributed by atoms with Gasteiger partial charge in [-0.2, -0.15) is 5.10 Å². The van der Waals surface area contributed by atoms with Gasteiger partial charge in [-0.15, -0.1) is 0 Å². The average Bonchev–Trinajstić information content (AvgIpc) is 3.02. The fourth-order valence-corrected chi connectivity index (χ4v) is 3.01. The molecule has 1 aromatic heterocycles. The van der Waals surface area contributed by atoms with E-state index in [2.05, 4.69) is 34.6 Å². The number of nitrogens with zero attached hydrogens (tertiary/aromatic N) is 4. The Balaban J connectivity index is 2.14. The molecular weight excluding hydrogens is 352 g/mol. The monoisotopic (exact) mass is 384 g/mol. The lowest BCUT2D eigenvalue weighted by Gasteiger charge is -2.15. The second-order valence-corrected chi connectivity index (χ2v) is 6.85. The molecule has 152 valence electrons. The molecule has 0 spiro atoms. The SMILES string of the molecule is CCc1nn(C)c(CC)c1CNC(=NCc1ccccc1)NCC(=O)N(C)C. The van der Waals surface area contributed by atoms with Crippen LogP contribution in [-0.4, -0.2) is 47.2 Å². The summed E-state index contributed by atoms with van der Waals surface area (Å²) in [5.41, 5.74) is 4.64. The van der Waals surface area contributed by atoms with Gasteiger partial charge in [0.1, 0.15) is 0 Å². The molecule has 28 heavy (non-hydrogen) atoms. The van der Waals surface area contributed by atoms with E-state index in [1.165, 1.54) is 11.3 Å². The quantitative estimate of drug-likeness (QED) is 0.538. The summed E-state index contributed by atoms with van der Waals surface area (Å²) in [6, 6.07) is 10.1. The Morgan fingerprint density at radius 3 is 2.46 bits per heavy atom. The number of aryl methyl sites for hydroxylation is 2. The zero-order valence-corrected chi connectivity index (χ0v) is 17.6. The van der Waals surface area contributed by atoms with Crippen molar-refractivity contribution < 1.29 is 4.79 Å². The van der Waals surface area contributed by atoms with Crippen LogP contribution in [0.25, 0.3) is 0 Å². The van der Waals surface area contributed by atoms with Crippen LogP contribution in [0.4, 0.5) is 0 Å². The number of hydrogen-bond donors (Lipinski definition) is 2. The maximum absolute atomic E-state index is 12.0. The summed E-state index contributed by atoms with van der Waals surface area (Å²) in [6.07, 6.45) is 1.80. The number of rotatable bonds is 8. The first kappa shape index (κ1) is 21.5. The van der Waals surface area contributed by atoms with Gasteiger partial charge in [-0.3, -0.25) is 9.48 Å². The van der Waals surface area contributed by atoms with Crippen molar-refractivity contribution in [3.8, 4) is 0 Å². The lowest BCUT2D eigenvalue weighted by molar-refractivity contribution is -0.127. The second-order valence-electron chi connectivity index (χ2n) is 6.85. The van der Waals surface area contributed by atoms with Crippen LogP contribution in [-0.2, 0) is 37.8 Å². The smallest absolute Gasteiger partial charge is 0.241 e. The first-order valence-corrected chi connectivity index (χ1v) is 9.76. The Kier molecular flexibility index (Phi) is 8.04. The summed E-state index contributed by atoms with van der Waals surface area (Å²) in [5.74, 6) is 0.617. The molecule has 0 radical (unpaired) electrons. The Hall–Kier alpha value is -2.83. The highest BCUT2D eigenvalue weighted by Gasteiger charge is 2.14. The van der Waals surface area contributed by atoms with Gasteiger partial charge in [0.15, 0.2) is 5.96 Å². The van der Waals surface area contributed by atoms with E-state index in [4.69, 9.17) is 0 Å². The molecule has 0 saturated heterocycles. The summed E-state index contributed by atoms with van der Waals surface area (Å²) in [4.78, 5) is 18.2.